The summed E-state index contributed by atoms with van der Waals surface area (Å²) in [5.74, 6) is -7.33. The van der Waals surface area contributed by atoms with Gasteiger partial charge in [-0.15, -0.1) is 0 Å². The molecule has 2 aliphatic heterocycles. The van der Waals surface area contributed by atoms with Crippen molar-refractivity contribution in [2.45, 2.75) is 44.1 Å². The molecule has 2 unspecified atom stereocenters. The van der Waals surface area contributed by atoms with Crippen molar-refractivity contribution in [2.75, 3.05) is 0 Å². The van der Waals surface area contributed by atoms with Crippen molar-refractivity contribution < 1.29 is 30.7 Å². The Kier molecular flexibility index (Phi) is 5.15. The number of halogens is 3. The highest BCUT2D eigenvalue weighted by Crippen LogP contribution is 2.32. The Morgan fingerprint density at radius 1 is 1.22 bits per heavy atom. The standard InChI is InChI=1S/C23H19ClF2N2O4/c24-16-5-3-15(4-6-16)23(25,26)19(29)9-2-13-1-7-17-14(11-13)12-28(22(17)32)18-8-10-20(30)27-21(18)31/h1,3-7,11,18H,2,8-10,12H2,(H,27,30,31)/i10D,18D. The molecule has 0 aromatic heterocycles. The fourth-order valence-corrected chi connectivity index (χ4v) is 3.86. The molecule has 2 aromatic rings. The van der Waals surface area contributed by atoms with Crippen molar-refractivity contribution in [3.8, 4) is 0 Å². The number of carbonyl (C=O) groups excluding carboxylic acids is 4. The molecule has 166 valence electrons. The van der Waals surface area contributed by atoms with E-state index in [2.05, 4.69) is 0 Å². The fraction of sp³-hybridized carbons (Fsp3) is 0.304. The van der Waals surface area contributed by atoms with Crippen LogP contribution in [0.5, 0.6) is 0 Å². The topological polar surface area (TPSA) is 83.6 Å². The van der Waals surface area contributed by atoms with Gasteiger partial charge in [-0.3, -0.25) is 24.5 Å². The third-order valence-electron chi connectivity index (χ3n) is 5.48. The van der Waals surface area contributed by atoms with Crippen LogP contribution in [0.2, 0.25) is 5.02 Å². The Hall–Kier alpha value is -3.13. The number of nitrogens with one attached hydrogen (secondary N) is 1. The maximum Gasteiger partial charge on any atom is 0.330 e. The molecule has 2 aliphatic rings. The molecule has 0 bridgehead atoms. The maximum atomic E-state index is 14.5. The second-order valence-electron chi connectivity index (χ2n) is 7.56. The molecule has 3 amide bonds. The SMILES string of the molecule is [2H]C1CC([2H])(N2Cc3cc(CCC(=O)C(F)(F)c4ccc(Cl)cc4)ccc3C2=O)C(=O)NC1=O. The quantitative estimate of drug-likeness (QED) is 0.667. The highest BCUT2D eigenvalue weighted by atomic mass is 35.5. The molecule has 2 heterocycles. The van der Waals surface area contributed by atoms with E-state index in [-0.39, 0.29) is 23.6 Å². The second-order valence-corrected chi connectivity index (χ2v) is 8.00. The zero-order valence-electron chi connectivity index (χ0n) is 18.7. The number of fused-ring (bicyclic) bond motifs is 1. The van der Waals surface area contributed by atoms with Gasteiger partial charge < -0.3 is 4.90 Å². The van der Waals surface area contributed by atoms with Gasteiger partial charge in [0.25, 0.3) is 5.91 Å². The van der Waals surface area contributed by atoms with Crippen LogP contribution in [0, 0.1) is 0 Å². The van der Waals surface area contributed by atoms with Crippen LogP contribution < -0.4 is 5.32 Å². The number of hydrogen-bond acceptors (Lipinski definition) is 4. The van der Waals surface area contributed by atoms with E-state index >= 15 is 0 Å². The van der Waals surface area contributed by atoms with Gasteiger partial charge in [0.2, 0.25) is 17.6 Å². The molecule has 1 N–H and O–H groups in total. The van der Waals surface area contributed by atoms with Crippen molar-refractivity contribution in [1.29, 1.82) is 0 Å². The van der Waals surface area contributed by atoms with Gasteiger partial charge in [0.05, 0.1) is 1.37 Å². The van der Waals surface area contributed by atoms with Crippen LogP contribution in [0.25, 0.3) is 0 Å². The number of imide groups is 1. The minimum Gasteiger partial charge on any atom is -0.322 e. The molecule has 6 nitrogen and oxygen atoms in total. The molecule has 2 atom stereocenters. The zero-order valence-corrected chi connectivity index (χ0v) is 17.4. The van der Waals surface area contributed by atoms with Gasteiger partial charge in [0.15, 0.2) is 0 Å². The number of benzene rings is 2. The molecule has 1 fully saturated rings. The van der Waals surface area contributed by atoms with Crippen LogP contribution in [-0.4, -0.2) is 34.4 Å². The van der Waals surface area contributed by atoms with E-state index in [0.717, 1.165) is 17.0 Å². The predicted octanol–water partition coefficient (Wildman–Crippen LogP) is 3.39. The number of hydrogen-bond donors (Lipinski definition) is 1. The van der Waals surface area contributed by atoms with E-state index in [1.165, 1.54) is 24.3 Å². The zero-order chi connectivity index (χ0) is 24.8. The number of carbonyl (C=O) groups is 4. The number of ketones is 1. The first-order valence-electron chi connectivity index (χ1n) is 10.9. The number of aryl methyl sites for hydroxylation is 1. The highest BCUT2D eigenvalue weighted by molar-refractivity contribution is 6.30. The molecule has 0 radical (unpaired) electrons. The smallest absolute Gasteiger partial charge is 0.322 e. The van der Waals surface area contributed by atoms with Gasteiger partial charge in [0, 0.05) is 36.9 Å². The summed E-state index contributed by atoms with van der Waals surface area (Å²) in [7, 11) is 0. The molecule has 1 saturated heterocycles. The van der Waals surface area contributed by atoms with Crippen LogP contribution in [0.15, 0.2) is 42.5 Å². The van der Waals surface area contributed by atoms with E-state index in [9.17, 15) is 28.0 Å². The third kappa shape index (κ3) is 4.14. The summed E-state index contributed by atoms with van der Waals surface area (Å²) in [6.45, 7) is -0.116. The average molecular weight is 463 g/mol. The first kappa shape index (κ1) is 19.5. The van der Waals surface area contributed by atoms with Crippen LogP contribution in [-0.2, 0) is 33.3 Å². The van der Waals surface area contributed by atoms with E-state index < -0.39 is 60.2 Å². The van der Waals surface area contributed by atoms with Crippen molar-refractivity contribution in [3.05, 3.63) is 69.7 Å². The van der Waals surface area contributed by atoms with Gasteiger partial charge in [0.1, 0.15) is 6.02 Å². The van der Waals surface area contributed by atoms with E-state index in [1.807, 2.05) is 5.32 Å². The first-order chi connectivity index (χ1) is 15.9. The van der Waals surface area contributed by atoms with Gasteiger partial charge in [-0.2, -0.15) is 8.78 Å². The number of alkyl halides is 2. The minimum atomic E-state index is -3.68. The van der Waals surface area contributed by atoms with Crippen LogP contribution in [0.3, 0.4) is 0 Å². The molecular weight excluding hydrogens is 442 g/mol. The molecule has 9 heteroatoms. The largest absolute Gasteiger partial charge is 0.330 e. The lowest BCUT2D eigenvalue weighted by Gasteiger charge is -2.29. The molecule has 2 aromatic carbocycles. The molecule has 0 aliphatic carbocycles. The Morgan fingerprint density at radius 3 is 2.66 bits per heavy atom. The van der Waals surface area contributed by atoms with E-state index in [0.29, 0.717) is 11.1 Å². The molecule has 4 rings (SSSR count). The molecule has 0 saturated carbocycles. The number of Topliss-reactive ketones (excluding diaryl/α,β-unsaturated/α-hetero) is 1. The van der Waals surface area contributed by atoms with Crippen molar-refractivity contribution in [2.24, 2.45) is 0 Å². The van der Waals surface area contributed by atoms with E-state index in [4.69, 9.17) is 14.3 Å². The third-order valence-corrected chi connectivity index (χ3v) is 5.73. The molecule has 32 heavy (non-hydrogen) atoms. The Bertz CT molecular complexity index is 1210. The summed E-state index contributed by atoms with van der Waals surface area (Å²) in [6, 6.07) is 7.22. The lowest BCUT2D eigenvalue weighted by Crippen LogP contribution is -2.52. The Labute approximate surface area is 190 Å². The highest BCUT2D eigenvalue weighted by Gasteiger charge is 2.41. The lowest BCUT2D eigenvalue weighted by atomic mass is 9.97. The normalized spacial score (nSPS) is 24.0. The Morgan fingerprint density at radius 2 is 1.94 bits per heavy atom. The van der Waals surface area contributed by atoms with Gasteiger partial charge in [-0.25, -0.2) is 0 Å². The van der Waals surface area contributed by atoms with Crippen molar-refractivity contribution >= 4 is 35.1 Å². The maximum absolute atomic E-state index is 14.5. The number of amides is 3. The summed E-state index contributed by atoms with van der Waals surface area (Å²) < 4.78 is 45.3. The lowest BCUT2D eigenvalue weighted by molar-refractivity contribution is -0.144. The summed E-state index contributed by atoms with van der Waals surface area (Å²) in [6.07, 6.45) is -2.27. The summed E-state index contributed by atoms with van der Waals surface area (Å²) >= 11 is 5.71. The summed E-state index contributed by atoms with van der Waals surface area (Å²) in [5.41, 5.74) is 0.792. The average Bonchev–Trinajstić information content (AvgIpc) is 3.13. The predicted molar refractivity (Wildman–Crippen MR) is 111 cm³/mol. The summed E-state index contributed by atoms with van der Waals surface area (Å²) in [5, 5.41) is 2.23. The Balaban J connectivity index is 1.47. The van der Waals surface area contributed by atoms with Gasteiger partial charge in [-0.1, -0.05) is 35.9 Å². The number of nitrogens with zero attached hydrogens (tertiary/aromatic N) is 1. The van der Waals surface area contributed by atoms with Gasteiger partial charge in [-0.05, 0) is 42.2 Å². The van der Waals surface area contributed by atoms with Gasteiger partial charge >= 0.3 is 5.92 Å². The summed E-state index contributed by atoms with van der Waals surface area (Å²) in [4.78, 5) is 50.0. The van der Waals surface area contributed by atoms with E-state index in [1.54, 1.807) is 6.07 Å². The van der Waals surface area contributed by atoms with Crippen molar-refractivity contribution in [1.82, 2.24) is 10.2 Å². The first-order valence-corrected chi connectivity index (χ1v) is 10.2. The van der Waals surface area contributed by atoms with Crippen LogP contribution in [0.1, 0.15) is 49.0 Å². The number of rotatable bonds is 6. The van der Waals surface area contributed by atoms with Crippen LogP contribution in [0.4, 0.5) is 8.78 Å². The number of piperidine rings is 1. The van der Waals surface area contributed by atoms with Crippen molar-refractivity contribution in [3.63, 3.8) is 0 Å². The minimum absolute atomic E-state index is 0.000711. The van der Waals surface area contributed by atoms with Crippen LogP contribution >= 0.6 is 11.6 Å². The monoisotopic (exact) mass is 462 g/mol. The fourth-order valence-electron chi connectivity index (χ4n) is 3.73. The molecular formula is C23H19ClF2N2O4. The second kappa shape index (κ2) is 8.43. The molecule has 0 spiro atoms.